The van der Waals surface area contributed by atoms with Crippen LogP contribution in [0.1, 0.15) is 10.4 Å². The number of rotatable bonds is 7. The minimum Gasteiger partial charge on any atom is -0.452 e. The first-order valence-electron chi connectivity index (χ1n) is 7.03. The van der Waals surface area contributed by atoms with Gasteiger partial charge in [-0.1, -0.05) is 30.3 Å². The highest BCUT2D eigenvalue weighted by molar-refractivity contribution is 9.10. The summed E-state index contributed by atoms with van der Waals surface area (Å²) in [6.45, 7) is 0.237. The van der Waals surface area contributed by atoms with E-state index in [-0.39, 0.29) is 12.5 Å². The lowest BCUT2D eigenvalue weighted by Gasteiger charge is -2.07. The maximum absolute atomic E-state index is 11.8. The number of thioether (sulfide) groups is 1. The monoisotopic (exact) mass is 393 g/mol. The Morgan fingerprint density at radius 2 is 1.74 bits per heavy atom. The van der Waals surface area contributed by atoms with Crippen LogP contribution in [0.2, 0.25) is 0 Å². The molecule has 6 heteroatoms. The molecule has 0 atom stereocenters. The van der Waals surface area contributed by atoms with Crippen molar-refractivity contribution in [1.29, 1.82) is 0 Å². The minimum atomic E-state index is -0.522. The summed E-state index contributed by atoms with van der Waals surface area (Å²) in [5, 5.41) is 2.73. The molecular weight excluding hydrogens is 378 g/mol. The first-order valence-corrected chi connectivity index (χ1v) is 8.81. The third-order valence-electron chi connectivity index (χ3n) is 2.86. The molecule has 0 saturated carbocycles. The van der Waals surface area contributed by atoms with Gasteiger partial charge in [-0.2, -0.15) is 0 Å². The fourth-order valence-electron chi connectivity index (χ4n) is 1.76. The van der Waals surface area contributed by atoms with E-state index >= 15 is 0 Å². The van der Waals surface area contributed by atoms with Crippen molar-refractivity contribution in [3.05, 3.63) is 64.6 Å². The summed E-state index contributed by atoms with van der Waals surface area (Å²) in [6.07, 6.45) is 0. The number of hydrogen-bond acceptors (Lipinski definition) is 4. The molecule has 0 fully saturated rings. The van der Waals surface area contributed by atoms with Gasteiger partial charge in [-0.05, 0) is 40.2 Å². The van der Waals surface area contributed by atoms with Crippen molar-refractivity contribution >= 4 is 39.6 Å². The molecule has 0 unspecified atom stereocenters. The lowest BCUT2D eigenvalue weighted by Crippen LogP contribution is -2.30. The fourth-order valence-corrected chi connectivity index (χ4v) is 3.00. The normalized spacial score (nSPS) is 10.1. The Kier molecular flexibility index (Phi) is 7.16. The molecule has 0 heterocycles. The average molecular weight is 394 g/mol. The molecule has 0 aliphatic heterocycles. The van der Waals surface area contributed by atoms with Crippen molar-refractivity contribution in [1.82, 2.24) is 5.32 Å². The van der Waals surface area contributed by atoms with E-state index in [0.717, 1.165) is 10.6 Å². The Hall–Kier alpha value is -1.79. The molecule has 0 aliphatic carbocycles. The van der Waals surface area contributed by atoms with Gasteiger partial charge in [0.1, 0.15) is 0 Å². The van der Waals surface area contributed by atoms with E-state index in [1.807, 2.05) is 30.3 Å². The largest absolute Gasteiger partial charge is 0.452 e. The number of carbonyl (C=O) groups is 2. The Morgan fingerprint density at radius 3 is 2.48 bits per heavy atom. The van der Waals surface area contributed by atoms with Gasteiger partial charge < -0.3 is 10.1 Å². The van der Waals surface area contributed by atoms with E-state index in [9.17, 15) is 9.59 Å². The molecule has 2 aromatic carbocycles. The zero-order chi connectivity index (χ0) is 16.5. The van der Waals surface area contributed by atoms with Crippen molar-refractivity contribution in [2.45, 2.75) is 4.90 Å². The van der Waals surface area contributed by atoms with Crippen LogP contribution in [-0.4, -0.2) is 30.8 Å². The van der Waals surface area contributed by atoms with Gasteiger partial charge in [-0.25, -0.2) is 4.79 Å². The zero-order valence-electron chi connectivity index (χ0n) is 12.3. The number of carbonyl (C=O) groups excluding carboxylic acids is 2. The summed E-state index contributed by atoms with van der Waals surface area (Å²) < 4.78 is 5.64. The first-order chi connectivity index (χ1) is 11.2. The van der Waals surface area contributed by atoms with Crippen LogP contribution in [0.15, 0.2) is 64.0 Å². The number of hydrogen-bond donors (Lipinski definition) is 1. The predicted molar refractivity (Wildman–Crippen MR) is 94.6 cm³/mol. The molecule has 0 aromatic heterocycles. The molecule has 4 nitrogen and oxygen atoms in total. The van der Waals surface area contributed by atoms with Crippen LogP contribution in [0, 0.1) is 0 Å². The molecule has 0 bridgehead atoms. The summed E-state index contributed by atoms with van der Waals surface area (Å²) in [4.78, 5) is 24.7. The van der Waals surface area contributed by atoms with E-state index in [1.54, 1.807) is 36.0 Å². The standard InChI is InChI=1S/C17H16BrNO3S/c18-15-9-5-4-8-14(15)17(21)22-12-16(20)19-10-11-23-13-6-2-1-3-7-13/h1-9H,10-12H2,(H,19,20). The zero-order valence-corrected chi connectivity index (χ0v) is 14.7. The van der Waals surface area contributed by atoms with Crippen LogP contribution in [0.4, 0.5) is 0 Å². The minimum absolute atomic E-state index is 0.282. The molecule has 120 valence electrons. The van der Waals surface area contributed by atoms with Crippen molar-refractivity contribution in [3.8, 4) is 0 Å². The quantitative estimate of drug-likeness (QED) is 0.444. The number of amides is 1. The number of ether oxygens (including phenoxy) is 1. The Morgan fingerprint density at radius 1 is 1.04 bits per heavy atom. The summed E-state index contributed by atoms with van der Waals surface area (Å²) in [5.41, 5.74) is 0.403. The topological polar surface area (TPSA) is 55.4 Å². The summed E-state index contributed by atoms with van der Waals surface area (Å²) in [6, 6.07) is 16.9. The predicted octanol–water partition coefficient (Wildman–Crippen LogP) is 3.51. The van der Waals surface area contributed by atoms with Crippen LogP contribution in [-0.2, 0) is 9.53 Å². The number of benzene rings is 2. The average Bonchev–Trinajstić information content (AvgIpc) is 2.58. The molecular formula is C17H16BrNO3S. The van der Waals surface area contributed by atoms with Crippen LogP contribution < -0.4 is 5.32 Å². The van der Waals surface area contributed by atoms with Crippen LogP contribution in [0.5, 0.6) is 0 Å². The summed E-state index contributed by atoms with van der Waals surface area (Å²) in [7, 11) is 0. The highest BCUT2D eigenvalue weighted by Gasteiger charge is 2.12. The van der Waals surface area contributed by atoms with Crippen molar-refractivity contribution < 1.29 is 14.3 Å². The number of halogens is 1. The molecule has 0 saturated heterocycles. The van der Waals surface area contributed by atoms with Crippen molar-refractivity contribution in [2.24, 2.45) is 0 Å². The molecule has 2 aromatic rings. The van der Waals surface area contributed by atoms with E-state index in [4.69, 9.17) is 4.74 Å². The van der Waals surface area contributed by atoms with Gasteiger partial charge in [0.25, 0.3) is 5.91 Å². The van der Waals surface area contributed by atoms with Crippen LogP contribution >= 0.6 is 27.7 Å². The molecule has 23 heavy (non-hydrogen) atoms. The molecule has 0 radical (unpaired) electrons. The maximum Gasteiger partial charge on any atom is 0.339 e. The lowest BCUT2D eigenvalue weighted by atomic mass is 10.2. The fraction of sp³-hybridized carbons (Fsp3) is 0.176. The van der Waals surface area contributed by atoms with E-state index in [2.05, 4.69) is 21.2 Å². The van der Waals surface area contributed by atoms with Gasteiger partial charge in [0.05, 0.1) is 5.56 Å². The molecule has 2 rings (SSSR count). The van der Waals surface area contributed by atoms with Gasteiger partial charge >= 0.3 is 5.97 Å². The second-order valence-electron chi connectivity index (χ2n) is 4.57. The Labute approximate surface area is 147 Å². The molecule has 1 amide bonds. The van der Waals surface area contributed by atoms with E-state index in [1.165, 1.54) is 0 Å². The van der Waals surface area contributed by atoms with Crippen molar-refractivity contribution in [3.63, 3.8) is 0 Å². The van der Waals surface area contributed by atoms with Gasteiger partial charge in [0, 0.05) is 21.7 Å². The summed E-state index contributed by atoms with van der Waals surface area (Å²) >= 11 is 4.93. The van der Waals surface area contributed by atoms with Gasteiger partial charge in [-0.15, -0.1) is 11.8 Å². The van der Waals surface area contributed by atoms with E-state index in [0.29, 0.717) is 16.6 Å². The summed E-state index contributed by atoms with van der Waals surface area (Å²) in [5.74, 6) is -0.0705. The van der Waals surface area contributed by atoms with Gasteiger partial charge in [-0.3, -0.25) is 4.79 Å². The van der Waals surface area contributed by atoms with Crippen LogP contribution in [0.3, 0.4) is 0 Å². The highest BCUT2D eigenvalue weighted by atomic mass is 79.9. The third-order valence-corrected chi connectivity index (χ3v) is 4.57. The SMILES string of the molecule is O=C(COC(=O)c1ccccc1Br)NCCSc1ccccc1. The number of nitrogens with one attached hydrogen (secondary N) is 1. The van der Waals surface area contributed by atoms with E-state index < -0.39 is 5.97 Å². The maximum atomic E-state index is 11.8. The van der Waals surface area contributed by atoms with Crippen molar-refractivity contribution in [2.75, 3.05) is 18.9 Å². The molecule has 0 spiro atoms. The molecule has 1 N–H and O–H groups in total. The Bertz CT molecular complexity index is 664. The first kappa shape index (κ1) is 17.6. The Balaban J connectivity index is 1.65. The number of esters is 1. The smallest absolute Gasteiger partial charge is 0.339 e. The lowest BCUT2D eigenvalue weighted by molar-refractivity contribution is -0.124. The van der Waals surface area contributed by atoms with Gasteiger partial charge in [0.15, 0.2) is 6.61 Å². The molecule has 0 aliphatic rings. The highest BCUT2D eigenvalue weighted by Crippen LogP contribution is 2.17. The van der Waals surface area contributed by atoms with Gasteiger partial charge in [0.2, 0.25) is 0 Å². The van der Waals surface area contributed by atoms with Crippen LogP contribution in [0.25, 0.3) is 0 Å². The second-order valence-corrected chi connectivity index (χ2v) is 6.59. The second kappa shape index (κ2) is 9.37. The third kappa shape index (κ3) is 6.08.